The molecule has 0 atom stereocenters. The van der Waals surface area contributed by atoms with Crippen LogP contribution in [0.1, 0.15) is 15.9 Å². The highest BCUT2D eigenvalue weighted by atomic mass is 32.1. The molecule has 3 rings (SSSR count). The monoisotopic (exact) mass is 431 g/mol. The number of nitrogens with zero attached hydrogens (tertiary/aromatic N) is 2. The number of hydrogen-bond donors (Lipinski definition) is 1. The van der Waals surface area contributed by atoms with Crippen LogP contribution in [0.15, 0.2) is 59.9 Å². The Labute approximate surface area is 176 Å². The summed E-state index contributed by atoms with van der Waals surface area (Å²) in [4.78, 5) is 29.8. The molecule has 2 aromatic carbocycles. The Morgan fingerprint density at radius 1 is 1.30 bits per heavy atom. The molecular weight excluding hydrogens is 412 g/mol. The summed E-state index contributed by atoms with van der Waals surface area (Å²) in [5, 5.41) is 0.416. The molecular formula is C21H19F2N3O3S. The molecule has 156 valence electrons. The van der Waals surface area contributed by atoms with E-state index in [0.29, 0.717) is 16.5 Å². The Bertz CT molecular complexity index is 1200. The summed E-state index contributed by atoms with van der Waals surface area (Å²) in [7, 11) is 1.63. The number of carbonyl (C=O) groups excluding carboxylic acids is 1. The third kappa shape index (κ3) is 4.62. The van der Waals surface area contributed by atoms with Gasteiger partial charge in [0.1, 0.15) is 5.75 Å². The molecule has 3 aromatic rings. The summed E-state index contributed by atoms with van der Waals surface area (Å²) < 4.78 is 30.4. The number of benzene rings is 2. The van der Waals surface area contributed by atoms with Crippen molar-refractivity contribution in [3.63, 3.8) is 0 Å². The highest BCUT2D eigenvalue weighted by Gasteiger charge is 2.15. The molecule has 1 heterocycles. The van der Waals surface area contributed by atoms with Gasteiger partial charge in [0.05, 0.1) is 10.9 Å². The number of fused-ring (bicyclic) bond motifs is 1. The van der Waals surface area contributed by atoms with E-state index in [0.717, 1.165) is 5.56 Å². The second-order valence-corrected chi connectivity index (χ2v) is 6.97. The van der Waals surface area contributed by atoms with Crippen LogP contribution in [-0.2, 0) is 13.1 Å². The van der Waals surface area contributed by atoms with Crippen LogP contribution in [-0.4, -0.2) is 34.0 Å². The van der Waals surface area contributed by atoms with Crippen molar-refractivity contribution in [2.24, 2.45) is 0 Å². The van der Waals surface area contributed by atoms with Crippen molar-refractivity contribution in [3.8, 4) is 5.75 Å². The average molecular weight is 431 g/mol. The summed E-state index contributed by atoms with van der Waals surface area (Å²) >= 11 is 5.22. The Balaban J connectivity index is 1.82. The van der Waals surface area contributed by atoms with E-state index in [9.17, 15) is 18.4 Å². The van der Waals surface area contributed by atoms with E-state index in [-0.39, 0.29) is 35.1 Å². The van der Waals surface area contributed by atoms with E-state index in [4.69, 9.17) is 12.2 Å². The summed E-state index contributed by atoms with van der Waals surface area (Å²) in [5.41, 5.74) is 1.35. The predicted octanol–water partition coefficient (Wildman–Crippen LogP) is 4.12. The number of carbonyl (C=O) groups is 1. The van der Waals surface area contributed by atoms with Crippen LogP contribution in [0.3, 0.4) is 0 Å². The molecule has 9 heteroatoms. The highest BCUT2D eigenvalue weighted by molar-refractivity contribution is 7.71. The third-order valence-electron chi connectivity index (χ3n) is 4.46. The second kappa shape index (κ2) is 9.00. The van der Waals surface area contributed by atoms with E-state index in [1.807, 2.05) is 0 Å². The summed E-state index contributed by atoms with van der Waals surface area (Å²) in [6, 6.07) is 10.8. The van der Waals surface area contributed by atoms with Gasteiger partial charge in [-0.1, -0.05) is 18.2 Å². The normalized spacial score (nSPS) is 10.9. The minimum Gasteiger partial charge on any atom is -0.435 e. The van der Waals surface area contributed by atoms with Gasteiger partial charge in [-0.2, -0.15) is 8.78 Å². The van der Waals surface area contributed by atoms with Crippen molar-refractivity contribution in [3.05, 3.63) is 81.4 Å². The number of allylic oxidation sites excluding steroid dienone is 1. The van der Waals surface area contributed by atoms with E-state index >= 15 is 0 Å². The fourth-order valence-electron chi connectivity index (χ4n) is 3.02. The molecule has 0 aliphatic carbocycles. The molecule has 0 spiro atoms. The van der Waals surface area contributed by atoms with Gasteiger partial charge in [0.25, 0.3) is 11.5 Å². The van der Waals surface area contributed by atoms with Crippen LogP contribution in [0.4, 0.5) is 8.78 Å². The van der Waals surface area contributed by atoms with Gasteiger partial charge in [-0.15, -0.1) is 6.58 Å². The Hall–Kier alpha value is -3.33. The average Bonchev–Trinajstić information content (AvgIpc) is 2.71. The van der Waals surface area contributed by atoms with E-state index in [2.05, 4.69) is 16.3 Å². The molecule has 6 nitrogen and oxygen atoms in total. The van der Waals surface area contributed by atoms with Crippen molar-refractivity contribution in [1.29, 1.82) is 0 Å². The topological polar surface area (TPSA) is 67.3 Å². The zero-order chi connectivity index (χ0) is 21.8. The number of rotatable bonds is 7. The first-order chi connectivity index (χ1) is 14.3. The quantitative estimate of drug-likeness (QED) is 0.452. The van der Waals surface area contributed by atoms with Crippen LogP contribution in [0.25, 0.3) is 10.9 Å². The van der Waals surface area contributed by atoms with Gasteiger partial charge >= 0.3 is 6.61 Å². The standard InChI is InChI=1S/C21H19F2N3O3S/c1-3-10-26-19(28)16-9-6-14(11-17(16)24-21(26)30)18(27)25(2)12-13-4-7-15(8-5-13)29-20(22)23/h3-9,11,20H,1,10,12H2,2H3,(H,24,30). The molecule has 0 aliphatic rings. The smallest absolute Gasteiger partial charge is 0.387 e. The zero-order valence-electron chi connectivity index (χ0n) is 16.1. The number of nitrogens with one attached hydrogen (secondary N) is 1. The maximum Gasteiger partial charge on any atom is 0.387 e. The molecule has 0 radical (unpaired) electrons. The molecule has 30 heavy (non-hydrogen) atoms. The lowest BCUT2D eigenvalue weighted by Crippen LogP contribution is -2.26. The van der Waals surface area contributed by atoms with Gasteiger partial charge in [-0.05, 0) is 48.1 Å². The first kappa shape index (κ1) is 21.4. The molecule has 0 aliphatic heterocycles. The molecule has 0 saturated heterocycles. The van der Waals surface area contributed by atoms with Gasteiger partial charge in [0.15, 0.2) is 4.77 Å². The second-order valence-electron chi connectivity index (χ2n) is 6.58. The predicted molar refractivity (Wildman–Crippen MR) is 112 cm³/mol. The first-order valence-corrected chi connectivity index (χ1v) is 9.38. The molecule has 1 amide bonds. The summed E-state index contributed by atoms with van der Waals surface area (Å²) in [6.45, 7) is 1.28. The van der Waals surface area contributed by atoms with Gasteiger partial charge in [0.2, 0.25) is 0 Å². The molecule has 0 saturated carbocycles. The van der Waals surface area contributed by atoms with E-state index in [1.165, 1.54) is 21.6 Å². The highest BCUT2D eigenvalue weighted by Crippen LogP contribution is 2.17. The largest absolute Gasteiger partial charge is 0.435 e. The van der Waals surface area contributed by atoms with Crippen molar-refractivity contribution in [1.82, 2.24) is 14.5 Å². The minimum absolute atomic E-state index is 0.0506. The third-order valence-corrected chi connectivity index (χ3v) is 4.78. The number of H-pyrrole nitrogens is 1. The van der Waals surface area contributed by atoms with Crippen molar-refractivity contribution < 1.29 is 18.3 Å². The zero-order valence-corrected chi connectivity index (χ0v) is 16.9. The van der Waals surface area contributed by atoms with Crippen LogP contribution in [0, 0.1) is 4.77 Å². The fourth-order valence-corrected chi connectivity index (χ4v) is 3.29. The minimum atomic E-state index is -2.89. The SMILES string of the molecule is C=CCn1c(=S)[nH]c2cc(C(=O)N(C)Cc3ccc(OC(F)F)cc3)ccc2c1=O. The maximum atomic E-state index is 12.8. The Kier molecular flexibility index (Phi) is 6.41. The van der Waals surface area contributed by atoms with Crippen molar-refractivity contribution in [2.75, 3.05) is 7.05 Å². The lowest BCUT2D eigenvalue weighted by atomic mass is 10.1. The fraction of sp³-hybridized carbons (Fsp3) is 0.190. The molecule has 0 bridgehead atoms. The molecule has 0 unspecified atom stereocenters. The van der Waals surface area contributed by atoms with Crippen LogP contribution < -0.4 is 10.3 Å². The number of aromatic amines is 1. The number of aromatic nitrogens is 2. The van der Waals surface area contributed by atoms with Crippen LogP contribution in [0.5, 0.6) is 5.75 Å². The lowest BCUT2D eigenvalue weighted by Gasteiger charge is -2.18. The molecule has 0 fully saturated rings. The van der Waals surface area contributed by atoms with Gasteiger partial charge in [-0.3, -0.25) is 14.2 Å². The first-order valence-electron chi connectivity index (χ1n) is 8.97. The number of hydrogen-bond acceptors (Lipinski definition) is 4. The van der Waals surface area contributed by atoms with Crippen molar-refractivity contribution in [2.45, 2.75) is 19.7 Å². The molecule has 1 N–H and O–H groups in total. The van der Waals surface area contributed by atoms with E-state index < -0.39 is 6.61 Å². The molecule has 1 aromatic heterocycles. The lowest BCUT2D eigenvalue weighted by molar-refractivity contribution is -0.0498. The maximum absolute atomic E-state index is 12.8. The van der Waals surface area contributed by atoms with Gasteiger partial charge < -0.3 is 14.6 Å². The van der Waals surface area contributed by atoms with Crippen molar-refractivity contribution >= 4 is 29.0 Å². The van der Waals surface area contributed by atoms with Crippen LogP contribution >= 0.6 is 12.2 Å². The van der Waals surface area contributed by atoms with Gasteiger partial charge in [-0.25, -0.2) is 0 Å². The Morgan fingerprint density at radius 3 is 2.63 bits per heavy atom. The number of halogens is 2. The number of amides is 1. The van der Waals surface area contributed by atoms with Crippen LogP contribution in [0.2, 0.25) is 0 Å². The summed E-state index contributed by atoms with van der Waals surface area (Å²) in [5.74, 6) is -0.214. The van der Waals surface area contributed by atoms with Gasteiger partial charge in [0, 0.05) is 25.7 Å². The number of ether oxygens (including phenoxy) is 1. The van der Waals surface area contributed by atoms with E-state index in [1.54, 1.807) is 43.5 Å². The Morgan fingerprint density at radius 2 is 2.00 bits per heavy atom. The summed E-state index contributed by atoms with van der Waals surface area (Å²) in [6.07, 6.45) is 1.58. The number of alkyl halides is 2.